The molecular formula is C17H36N4O. The average molecular weight is 313 g/mol. The van der Waals surface area contributed by atoms with Gasteiger partial charge in [0.2, 0.25) is 0 Å². The highest BCUT2D eigenvalue weighted by atomic mass is 16.5. The third-order valence-corrected chi connectivity index (χ3v) is 4.15. The molecule has 0 aromatic heterocycles. The molecule has 0 spiro atoms. The maximum absolute atomic E-state index is 5.41. The molecule has 1 fully saturated rings. The Morgan fingerprint density at radius 2 is 1.91 bits per heavy atom. The van der Waals surface area contributed by atoms with Crippen molar-refractivity contribution in [2.75, 3.05) is 39.4 Å². The van der Waals surface area contributed by atoms with E-state index >= 15 is 0 Å². The van der Waals surface area contributed by atoms with Crippen molar-refractivity contribution in [3.63, 3.8) is 0 Å². The van der Waals surface area contributed by atoms with Crippen LogP contribution in [0.1, 0.15) is 53.4 Å². The first-order chi connectivity index (χ1) is 10.7. The monoisotopic (exact) mass is 312 g/mol. The molecule has 1 heterocycles. The minimum absolute atomic E-state index is 0.467. The fourth-order valence-electron chi connectivity index (χ4n) is 2.68. The number of guanidine groups is 1. The third kappa shape index (κ3) is 7.99. The number of nitrogens with zero attached hydrogens (tertiary/aromatic N) is 2. The second-order valence-electron chi connectivity index (χ2n) is 6.26. The van der Waals surface area contributed by atoms with Crippen LogP contribution in [0, 0.1) is 0 Å². The van der Waals surface area contributed by atoms with Crippen LogP contribution in [0.3, 0.4) is 0 Å². The summed E-state index contributed by atoms with van der Waals surface area (Å²) in [5.74, 6) is 0.951. The Kier molecular flexibility index (Phi) is 10.2. The minimum atomic E-state index is 0.467. The summed E-state index contributed by atoms with van der Waals surface area (Å²) in [5.41, 5.74) is 0. The van der Waals surface area contributed by atoms with E-state index in [2.05, 4.69) is 43.2 Å². The number of hydrogen-bond acceptors (Lipinski definition) is 3. The molecule has 1 aliphatic heterocycles. The highest BCUT2D eigenvalue weighted by Crippen LogP contribution is 2.05. The second-order valence-corrected chi connectivity index (χ2v) is 6.26. The zero-order chi connectivity index (χ0) is 16.2. The van der Waals surface area contributed by atoms with Crippen LogP contribution in [0.5, 0.6) is 0 Å². The average Bonchev–Trinajstić information content (AvgIpc) is 2.53. The van der Waals surface area contributed by atoms with Crippen LogP contribution in [0.2, 0.25) is 0 Å². The normalized spacial score (nSPS) is 19.7. The molecule has 5 nitrogen and oxygen atoms in total. The molecule has 2 unspecified atom stereocenters. The fourth-order valence-corrected chi connectivity index (χ4v) is 2.68. The Morgan fingerprint density at radius 3 is 2.55 bits per heavy atom. The molecule has 2 atom stereocenters. The number of nitrogens with one attached hydrogen (secondary N) is 2. The number of morpholine rings is 1. The van der Waals surface area contributed by atoms with Crippen molar-refractivity contribution in [1.82, 2.24) is 15.5 Å². The molecule has 1 aliphatic rings. The van der Waals surface area contributed by atoms with Gasteiger partial charge in [-0.3, -0.25) is 9.89 Å². The summed E-state index contributed by atoms with van der Waals surface area (Å²) in [6.45, 7) is 14.3. The predicted molar refractivity (Wildman–Crippen MR) is 94.6 cm³/mol. The molecular weight excluding hydrogens is 276 g/mol. The van der Waals surface area contributed by atoms with E-state index in [1.807, 2.05) is 0 Å². The SMILES string of the molecule is CCCCCC(C)NC(=NCC(C)N1CCOCC1)NCC. The zero-order valence-electron chi connectivity index (χ0n) is 15.0. The summed E-state index contributed by atoms with van der Waals surface area (Å²) >= 11 is 0. The topological polar surface area (TPSA) is 48.9 Å². The van der Waals surface area contributed by atoms with Gasteiger partial charge >= 0.3 is 0 Å². The Hall–Kier alpha value is -0.810. The van der Waals surface area contributed by atoms with Crippen LogP contribution in [0.25, 0.3) is 0 Å². The van der Waals surface area contributed by atoms with Gasteiger partial charge in [0.15, 0.2) is 5.96 Å². The first-order valence-electron chi connectivity index (χ1n) is 9.04. The first-order valence-corrected chi connectivity index (χ1v) is 9.04. The lowest BCUT2D eigenvalue weighted by Gasteiger charge is -2.31. The zero-order valence-corrected chi connectivity index (χ0v) is 15.0. The van der Waals surface area contributed by atoms with E-state index < -0.39 is 0 Å². The van der Waals surface area contributed by atoms with Gasteiger partial charge in [-0.25, -0.2) is 0 Å². The molecule has 0 saturated carbocycles. The van der Waals surface area contributed by atoms with E-state index in [1.165, 1.54) is 25.7 Å². The van der Waals surface area contributed by atoms with Crippen LogP contribution < -0.4 is 10.6 Å². The standard InChI is InChI=1S/C17H36N4O/c1-5-7-8-9-15(3)20-17(18-6-2)19-14-16(4)21-10-12-22-13-11-21/h15-16H,5-14H2,1-4H3,(H2,18,19,20). The molecule has 0 amide bonds. The predicted octanol–water partition coefficient (Wildman–Crippen LogP) is 2.23. The van der Waals surface area contributed by atoms with Gasteiger partial charge in [-0.2, -0.15) is 0 Å². The van der Waals surface area contributed by atoms with Crippen molar-refractivity contribution in [3.8, 4) is 0 Å². The van der Waals surface area contributed by atoms with Gasteiger partial charge in [0.25, 0.3) is 0 Å². The lowest BCUT2D eigenvalue weighted by molar-refractivity contribution is 0.0220. The number of rotatable bonds is 9. The lowest BCUT2D eigenvalue weighted by Crippen LogP contribution is -2.45. The van der Waals surface area contributed by atoms with E-state index in [1.54, 1.807) is 0 Å². The Balaban J connectivity index is 2.39. The summed E-state index contributed by atoms with van der Waals surface area (Å²) in [6.07, 6.45) is 5.08. The van der Waals surface area contributed by atoms with Gasteiger partial charge < -0.3 is 15.4 Å². The van der Waals surface area contributed by atoms with Gasteiger partial charge in [0.05, 0.1) is 19.8 Å². The van der Waals surface area contributed by atoms with Crippen LogP contribution in [-0.2, 0) is 4.74 Å². The molecule has 0 aromatic carbocycles. The summed E-state index contributed by atoms with van der Waals surface area (Å²) < 4.78 is 5.41. The van der Waals surface area contributed by atoms with Crippen molar-refractivity contribution in [2.45, 2.75) is 65.5 Å². The molecule has 2 N–H and O–H groups in total. The van der Waals surface area contributed by atoms with Gasteiger partial charge in [0, 0.05) is 31.7 Å². The number of unbranched alkanes of at least 4 members (excludes halogenated alkanes) is 2. The van der Waals surface area contributed by atoms with E-state index in [4.69, 9.17) is 9.73 Å². The van der Waals surface area contributed by atoms with E-state index in [0.717, 1.165) is 45.4 Å². The van der Waals surface area contributed by atoms with Crippen LogP contribution in [0.4, 0.5) is 0 Å². The molecule has 0 aromatic rings. The Morgan fingerprint density at radius 1 is 1.18 bits per heavy atom. The first kappa shape index (κ1) is 19.2. The molecule has 130 valence electrons. The number of ether oxygens (including phenoxy) is 1. The van der Waals surface area contributed by atoms with Gasteiger partial charge in [0.1, 0.15) is 0 Å². The second kappa shape index (κ2) is 11.7. The third-order valence-electron chi connectivity index (χ3n) is 4.15. The molecule has 0 bridgehead atoms. The molecule has 0 radical (unpaired) electrons. The van der Waals surface area contributed by atoms with Crippen molar-refractivity contribution >= 4 is 5.96 Å². The smallest absolute Gasteiger partial charge is 0.191 e. The molecule has 1 saturated heterocycles. The van der Waals surface area contributed by atoms with Crippen molar-refractivity contribution < 1.29 is 4.74 Å². The maximum atomic E-state index is 5.41. The van der Waals surface area contributed by atoms with Crippen LogP contribution in [-0.4, -0.2) is 62.3 Å². The van der Waals surface area contributed by atoms with Gasteiger partial charge in [-0.05, 0) is 27.2 Å². The van der Waals surface area contributed by atoms with Gasteiger partial charge in [-0.15, -0.1) is 0 Å². The van der Waals surface area contributed by atoms with Crippen LogP contribution in [0.15, 0.2) is 4.99 Å². The maximum Gasteiger partial charge on any atom is 0.191 e. The van der Waals surface area contributed by atoms with Gasteiger partial charge in [-0.1, -0.05) is 26.2 Å². The van der Waals surface area contributed by atoms with E-state index in [-0.39, 0.29) is 0 Å². The summed E-state index contributed by atoms with van der Waals surface area (Å²) in [4.78, 5) is 7.23. The summed E-state index contributed by atoms with van der Waals surface area (Å²) in [7, 11) is 0. The molecule has 0 aliphatic carbocycles. The highest BCUT2D eigenvalue weighted by Gasteiger charge is 2.16. The quantitative estimate of drug-likeness (QED) is 0.389. The van der Waals surface area contributed by atoms with E-state index in [0.29, 0.717) is 12.1 Å². The Labute approximate surface area is 136 Å². The molecule has 1 rings (SSSR count). The van der Waals surface area contributed by atoms with Crippen LogP contribution >= 0.6 is 0 Å². The summed E-state index contributed by atoms with van der Waals surface area (Å²) in [5, 5.41) is 6.89. The lowest BCUT2D eigenvalue weighted by atomic mass is 10.1. The molecule has 5 heteroatoms. The summed E-state index contributed by atoms with van der Waals surface area (Å²) in [6, 6.07) is 0.942. The largest absolute Gasteiger partial charge is 0.379 e. The Bertz CT molecular complexity index is 303. The number of hydrogen-bond donors (Lipinski definition) is 2. The highest BCUT2D eigenvalue weighted by molar-refractivity contribution is 5.80. The fraction of sp³-hybridized carbons (Fsp3) is 0.941. The number of aliphatic imine (C=N–C) groups is 1. The molecule has 22 heavy (non-hydrogen) atoms. The minimum Gasteiger partial charge on any atom is -0.379 e. The van der Waals surface area contributed by atoms with E-state index in [9.17, 15) is 0 Å². The van der Waals surface area contributed by atoms with Crippen molar-refractivity contribution in [3.05, 3.63) is 0 Å². The van der Waals surface area contributed by atoms with Crippen molar-refractivity contribution in [2.24, 2.45) is 4.99 Å². The van der Waals surface area contributed by atoms with Crippen molar-refractivity contribution in [1.29, 1.82) is 0 Å².